The lowest BCUT2D eigenvalue weighted by Gasteiger charge is -2.33. The molecule has 0 aromatic heterocycles. The van der Waals surface area contributed by atoms with Crippen molar-refractivity contribution >= 4 is 34.2 Å². The number of unbranched alkanes of at least 4 members (excludes halogenated alkanes) is 1. The number of cyclic esters (lactones) is 1. The normalized spacial score (nSPS) is 15.9. The first kappa shape index (κ1) is 20.7. The average molecular weight is 422 g/mol. The molecule has 0 bridgehead atoms. The Bertz CT molecular complexity index is 896. The fourth-order valence-electron chi connectivity index (χ4n) is 3.12. The van der Waals surface area contributed by atoms with Gasteiger partial charge in [-0.25, -0.2) is 4.79 Å². The van der Waals surface area contributed by atoms with Crippen molar-refractivity contribution in [2.45, 2.75) is 44.1 Å². The Labute approximate surface area is 172 Å². The summed E-state index contributed by atoms with van der Waals surface area (Å²) in [5.41, 5.74) is 1.90. The molecular formula is C21H24ClNO4S. The van der Waals surface area contributed by atoms with Gasteiger partial charge in [0.05, 0.1) is 23.1 Å². The highest BCUT2D eigenvalue weighted by molar-refractivity contribution is 7.85. The van der Waals surface area contributed by atoms with Gasteiger partial charge in [-0.3, -0.25) is 9.53 Å². The summed E-state index contributed by atoms with van der Waals surface area (Å²) in [6.45, 7) is 6.19. The lowest BCUT2D eigenvalue weighted by Crippen LogP contribution is -2.35. The first-order valence-electron chi connectivity index (χ1n) is 9.18. The molecule has 5 nitrogen and oxygen atoms in total. The summed E-state index contributed by atoms with van der Waals surface area (Å²) in [6, 6.07) is 10.9. The standard InChI is InChI=1S/C21H24ClNO4S/c1-14-12-16(13-18-19(14)23-20(24)27-21(18,2)3)26-10-4-5-11-28(25)17-8-6-15(22)7-9-17/h6-9,12-13H,4-5,10-11H2,1-3H3,(H,23,24). The topological polar surface area (TPSA) is 64.6 Å². The summed E-state index contributed by atoms with van der Waals surface area (Å²) in [7, 11) is -1.03. The number of rotatable bonds is 7. The van der Waals surface area contributed by atoms with E-state index in [0.29, 0.717) is 17.4 Å². The van der Waals surface area contributed by atoms with Crippen LogP contribution in [0.15, 0.2) is 41.3 Å². The number of anilines is 1. The monoisotopic (exact) mass is 421 g/mol. The molecule has 0 saturated carbocycles. The second-order valence-corrected chi connectivity index (χ2v) is 9.25. The van der Waals surface area contributed by atoms with Crippen LogP contribution < -0.4 is 10.1 Å². The van der Waals surface area contributed by atoms with E-state index in [1.54, 1.807) is 24.3 Å². The number of carbonyl (C=O) groups is 1. The van der Waals surface area contributed by atoms with E-state index in [9.17, 15) is 9.00 Å². The molecule has 3 rings (SSSR count). The highest BCUT2D eigenvalue weighted by Crippen LogP contribution is 2.39. The molecule has 28 heavy (non-hydrogen) atoms. The quantitative estimate of drug-likeness (QED) is 0.607. The Morgan fingerprint density at radius 1 is 1.18 bits per heavy atom. The highest BCUT2D eigenvalue weighted by atomic mass is 35.5. The summed E-state index contributed by atoms with van der Waals surface area (Å²) in [5.74, 6) is 1.32. The largest absolute Gasteiger partial charge is 0.494 e. The van der Waals surface area contributed by atoms with Gasteiger partial charge in [0, 0.05) is 21.2 Å². The average Bonchev–Trinajstić information content (AvgIpc) is 2.62. The molecule has 1 N–H and O–H groups in total. The number of nitrogens with one attached hydrogen (secondary N) is 1. The minimum Gasteiger partial charge on any atom is -0.494 e. The number of hydrogen-bond acceptors (Lipinski definition) is 4. The van der Waals surface area contributed by atoms with Crippen LogP contribution in [0.4, 0.5) is 10.5 Å². The van der Waals surface area contributed by atoms with E-state index in [1.165, 1.54) is 0 Å². The second-order valence-electron chi connectivity index (χ2n) is 7.25. The molecular weight excluding hydrogens is 398 g/mol. The van der Waals surface area contributed by atoms with E-state index in [2.05, 4.69) is 5.32 Å². The Hall–Kier alpha value is -2.05. The number of carbonyl (C=O) groups excluding carboxylic acids is 1. The van der Waals surface area contributed by atoms with Gasteiger partial charge in [0.15, 0.2) is 0 Å². The molecule has 1 amide bonds. The van der Waals surface area contributed by atoms with Crippen LogP contribution in [0, 0.1) is 6.92 Å². The first-order chi connectivity index (χ1) is 13.3. The third kappa shape index (κ3) is 4.86. The number of benzene rings is 2. The predicted octanol–water partition coefficient (Wildman–Crippen LogP) is 5.41. The maximum Gasteiger partial charge on any atom is 0.412 e. The van der Waals surface area contributed by atoms with E-state index in [1.807, 2.05) is 32.9 Å². The molecule has 0 saturated heterocycles. The molecule has 7 heteroatoms. The first-order valence-corrected chi connectivity index (χ1v) is 10.9. The molecule has 2 aromatic carbocycles. The number of halogens is 1. The molecule has 1 heterocycles. The molecule has 0 aliphatic carbocycles. The molecule has 150 valence electrons. The summed E-state index contributed by atoms with van der Waals surface area (Å²) < 4.78 is 23.5. The zero-order valence-electron chi connectivity index (χ0n) is 16.2. The van der Waals surface area contributed by atoms with Crippen molar-refractivity contribution in [2.75, 3.05) is 17.7 Å². The van der Waals surface area contributed by atoms with E-state index in [-0.39, 0.29) is 0 Å². The number of ether oxygens (including phenoxy) is 2. The van der Waals surface area contributed by atoms with Gasteiger partial charge in [0.2, 0.25) is 0 Å². The second kappa shape index (κ2) is 8.53. The van der Waals surface area contributed by atoms with Crippen molar-refractivity contribution < 1.29 is 18.5 Å². The summed E-state index contributed by atoms with van der Waals surface area (Å²) in [4.78, 5) is 12.5. The van der Waals surface area contributed by atoms with Gasteiger partial charge in [-0.05, 0) is 75.6 Å². The number of aryl methyl sites for hydroxylation is 1. The van der Waals surface area contributed by atoms with Gasteiger partial charge in [-0.15, -0.1) is 0 Å². The van der Waals surface area contributed by atoms with Crippen molar-refractivity contribution in [1.82, 2.24) is 0 Å². The van der Waals surface area contributed by atoms with Crippen LogP contribution in [0.1, 0.15) is 37.8 Å². The SMILES string of the molecule is Cc1cc(OCCCCS(=O)c2ccc(Cl)cc2)cc2c1NC(=O)OC2(C)C. The Morgan fingerprint density at radius 3 is 2.61 bits per heavy atom. The third-order valence-electron chi connectivity index (χ3n) is 4.60. The molecule has 1 aliphatic rings. The fourth-order valence-corrected chi connectivity index (χ4v) is 4.39. The van der Waals surface area contributed by atoms with Crippen molar-refractivity contribution in [2.24, 2.45) is 0 Å². The lowest BCUT2D eigenvalue weighted by atomic mass is 9.92. The Balaban J connectivity index is 1.53. The van der Waals surface area contributed by atoms with Crippen molar-refractivity contribution in [3.63, 3.8) is 0 Å². The molecule has 0 radical (unpaired) electrons. The maximum atomic E-state index is 12.3. The smallest absolute Gasteiger partial charge is 0.412 e. The Morgan fingerprint density at radius 2 is 1.89 bits per heavy atom. The Kier molecular flexibility index (Phi) is 6.30. The van der Waals surface area contributed by atoms with Crippen LogP contribution in [0.5, 0.6) is 5.75 Å². The van der Waals surface area contributed by atoms with Gasteiger partial charge >= 0.3 is 6.09 Å². The molecule has 1 aliphatic heterocycles. The predicted molar refractivity (Wildman–Crippen MR) is 112 cm³/mol. The summed E-state index contributed by atoms with van der Waals surface area (Å²) >= 11 is 5.86. The van der Waals surface area contributed by atoms with Crippen LogP contribution in [0.2, 0.25) is 5.02 Å². The fraction of sp³-hybridized carbons (Fsp3) is 0.381. The van der Waals surface area contributed by atoms with E-state index in [0.717, 1.165) is 40.3 Å². The van der Waals surface area contributed by atoms with E-state index in [4.69, 9.17) is 21.1 Å². The van der Waals surface area contributed by atoms with Gasteiger partial charge in [0.1, 0.15) is 11.4 Å². The minimum absolute atomic E-state index is 0.442. The van der Waals surface area contributed by atoms with Crippen LogP contribution in [-0.2, 0) is 21.1 Å². The summed E-state index contributed by atoms with van der Waals surface area (Å²) in [5, 5.41) is 3.40. The third-order valence-corrected chi connectivity index (χ3v) is 6.31. The van der Waals surface area contributed by atoms with Crippen molar-refractivity contribution in [3.05, 3.63) is 52.5 Å². The molecule has 1 unspecified atom stereocenters. The number of hydrogen-bond donors (Lipinski definition) is 1. The van der Waals surface area contributed by atoms with E-state index < -0.39 is 22.5 Å². The van der Waals surface area contributed by atoms with Gasteiger partial charge in [-0.2, -0.15) is 0 Å². The van der Waals surface area contributed by atoms with Gasteiger partial charge < -0.3 is 9.47 Å². The number of fused-ring (bicyclic) bond motifs is 1. The van der Waals surface area contributed by atoms with Crippen LogP contribution in [-0.4, -0.2) is 22.7 Å². The maximum absolute atomic E-state index is 12.3. The number of amides is 1. The van der Waals surface area contributed by atoms with Gasteiger partial charge in [-0.1, -0.05) is 11.6 Å². The van der Waals surface area contributed by atoms with Crippen LogP contribution in [0.3, 0.4) is 0 Å². The van der Waals surface area contributed by atoms with Crippen molar-refractivity contribution in [3.8, 4) is 5.75 Å². The molecule has 0 fully saturated rings. The lowest BCUT2D eigenvalue weighted by molar-refractivity contribution is 0.0417. The zero-order valence-corrected chi connectivity index (χ0v) is 17.8. The minimum atomic E-state index is -1.03. The summed E-state index contributed by atoms with van der Waals surface area (Å²) in [6.07, 6.45) is 1.15. The molecule has 2 aromatic rings. The van der Waals surface area contributed by atoms with E-state index >= 15 is 0 Å². The molecule has 0 spiro atoms. The van der Waals surface area contributed by atoms with Crippen LogP contribution >= 0.6 is 11.6 Å². The molecule has 1 atom stereocenters. The van der Waals surface area contributed by atoms with Gasteiger partial charge in [0.25, 0.3) is 0 Å². The highest BCUT2D eigenvalue weighted by Gasteiger charge is 2.34. The van der Waals surface area contributed by atoms with Crippen LogP contribution in [0.25, 0.3) is 0 Å². The zero-order chi connectivity index (χ0) is 20.3. The van der Waals surface area contributed by atoms with Crippen molar-refractivity contribution in [1.29, 1.82) is 0 Å².